The van der Waals surface area contributed by atoms with Crippen molar-refractivity contribution in [1.29, 1.82) is 0 Å². The standard InChI is InChI=1S/C21H27F3N2O2/c1-14(2)19(27)25-11-9-16(10-12-25)20(28)26(18-7-8-18)13-15-3-5-17(6-4-15)21(22,23)24/h3-6,14,16,18H,7-13H2,1-2H3. The van der Waals surface area contributed by atoms with Crippen LogP contribution in [0.4, 0.5) is 13.2 Å². The van der Waals surface area contributed by atoms with Crippen LogP contribution in [-0.2, 0) is 22.3 Å². The smallest absolute Gasteiger partial charge is 0.342 e. The van der Waals surface area contributed by atoms with Gasteiger partial charge in [-0.05, 0) is 43.4 Å². The average Bonchev–Trinajstić information content (AvgIpc) is 3.50. The Labute approximate surface area is 163 Å². The summed E-state index contributed by atoms with van der Waals surface area (Å²) in [7, 11) is 0. The highest BCUT2D eigenvalue weighted by Crippen LogP contribution is 2.33. The predicted octanol–water partition coefficient (Wildman–Crippen LogP) is 4.09. The molecule has 28 heavy (non-hydrogen) atoms. The molecule has 7 heteroatoms. The van der Waals surface area contributed by atoms with Crippen LogP contribution in [0.3, 0.4) is 0 Å². The fraction of sp³-hybridized carbons (Fsp3) is 0.619. The number of rotatable bonds is 5. The zero-order valence-corrected chi connectivity index (χ0v) is 16.3. The average molecular weight is 396 g/mol. The number of carbonyl (C=O) groups excluding carboxylic acids is 2. The van der Waals surface area contributed by atoms with Crippen LogP contribution < -0.4 is 0 Å². The van der Waals surface area contributed by atoms with E-state index in [9.17, 15) is 22.8 Å². The number of hydrogen-bond acceptors (Lipinski definition) is 2. The third-order valence-corrected chi connectivity index (χ3v) is 5.55. The first kappa shape index (κ1) is 20.7. The summed E-state index contributed by atoms with van der Waals surface area (Å²) in [6, 6.07) is 5.23. The van der Waals surface area contributed by atoms with Gasteiger partial charge in [-0.15, -0.1) is 0 Å². The molecule has 0 aromatic heterocycles. The van der Waals surface area contributed by atoms with E-state index in [4.69, 9.17) is 0 Å². The molecule has 2 fully saturated rings. The molecular weight excluding hydrogens is 369 g/mol. The Balaban J connectivity index is 1.62. The van der Waals surface area contributed by atoms with Gasteiger partial charge in [0.1, 0.15) is 0 Å². The molecule has 1 aliphatic heterocycles. The summed E-state index contributed by atoms with van der Waals surface area (Å²) in [5.41, 5.74) is 0.0309. The fourth-order valence-corrected chi connectivity index (χ4v) is 3.72. The third kappa shape index (κ3) is 4.86. The first-order valence-corrected chi connectivity index (χ1v) is 9.92. The molecule has 0 radical (unpaired) electrons. The van der Waals surface area contributed by atoms with E-state index in [1.807, 2.05) is 23.6 Å². The second kappa shape index (κ2) is 8.13. The number of halogens is 3. The lowest BCUT2D eigenvalue weighted by molar-refractivity contribution is -0.142. The molecule has 2 amide bonds. The number of nitrogens with zero attached hydrogens (tertiary/aromatic N) is 2. The summed E-state index contributed by atoms with van der Waals surface area (Å²) in [5, 5.41) is 0. The number of carbonyl (C=O) groups is 2. The summed E-state index contributed by atoms with van der Waals surface area (Å²) < 4.78 is 38.2. The van der Waals surface area contributed by atoms with E-state index >= 15 is 0 Å². The largest absolute Gasteiger partial charge is 0.416 e. The Kier molecular flexibility index (Phi) is 6.01. The van der Waals surface area contributed by atoms with E-state index in [-0.39, 0.29) is 29.7 Å². The van der Waals surface area contributed by atoms with Gasteiger partial charge >= 0.3 is 6.18 Å². The summed E-state index contributed by atoms with van der Waals surface area (Å²) in [6.45, 7) is 5.27. The van der Waals surface area contributed by atoms with Crippen molar-refractivity contribution in [3.63, 3.8) is 0 Å². The molecule has 1 aromatic carbocycles. The topological polar surface area (TPSA) is 40.6 Å². The van der Waals surface area contributed by atoms with Crippen molar-refractivity contribution in [1.82, 2.24) is 9.80 Å². The highest BCUT2D eigenvalue weighted by atomic mass is 19.4. The maximum Gasteiger partial charge on any atom is 0.416 e. The Morgan fingerprint density at radius 3 is 2.11 bits per heavy atom. The van der Waals surface area contributed by atoms with Crippen molar-refractivity contribution in [2.75, 3.05) is 13.1 Å². The fourth-order valence-electron chi connectivity index (χ4n) is 3.72. The van der Waals surface area contributed by atoms with Gasteiger partial charge in [-0.2, -0.15) is 13.2 Å². The normalized spacial score (nSPS) is 18.4. The van der Waals surface area contributed by atoms with Gasteiger partial charge in [0.2, 0.25) is 11.8 Å². The molecule has 1 saturated heterocycles. The van der Waals surface area contributed by atoms with Crippen molar-refractivity contribution in [2.45, 2.75) is 58.3 Å². The van der Waals surface area contributed by atoms with Gasteiger partial charge in [0, 0.05) is 37.5 Å². The van der Waals surface area contributed by atoms with E-state index in [0.717, 1.165) is 25.0 Å². The molecule has 154 valence electrons. The predicted molar refractivity (Wildman–Crippen MR) is 99.2 cm³/mol. The van der Waals surface area contributed by atoms with Crippen LogP contribution in [0.2, 0.25) is 0 Å². The number of hydrogen-bond donors (Lipinski definition) is 0. The molecule has 1 heterocycles. The van der Waals surface area contributed by atoms with Crippen molar-refractivity contribution < 1.29 is 22.8 Å². The van der Waals surface area contributed by atoms with Crippen molar-refractivity contribution in [2.24, 2.45) is 11.8 Å². The number of piperidine rings is 1. The van der Waals surface area contributed by atoms with E-state index in [1.54, 1.807) is 0 Å². The quantitative estimate of drug-likeness (QED) is 0.752. The number of amides is 2. The maximum absolute atomic E-state index is 13.1. The summed E-state index contributed by atoms with van der Waals surface area (Å²) in [5.74, 6) is 0.0230. The number of likely N-dealkylation sites (tertiary alicyclic amines) is 1. The minimum Gasteiger partial charge on any atom is -0.342 e. The van der Waals surface area contributed by atoms with Crippen molar-refractivity contribution >= 4 is 11.8 Å². The zero-order valence-electron chi connectivity index (χ0n) is 16.3. The van der Waals surface area contributed by atoms with Crippen LogP contribution in [0.5, 0.6) is 0 Å². The summed E-state index contributed by atoms with van der Waals surface area (Å²) in [6.07, 6.45) is -1.18. The molecule has 1 aromatic rings. The molecule has 0 atom stereocenters. The van der Waals surface area contributed by atoms with Crippen LogP contribution in [0.25, 0.3) is 0 Å². The monoisotopic (exact) mass is 396 g/mol. The molecular formula is C21H27F3N2O2. The van der Waals surface area contributed by atoms with Gasteiger partial charge in [-0.1, -0.05) is 26.0 Å². The Hall–Kier alpha value is -2.05. The van der Waals surface area contributed by atoms with Gasteiger partial charge in [-0.3, -0.25) is 9.59 Å². The molecule has 3 rings (SSSR count). The maximum atomic E-state index is 13.1. The van der Waals surface area contributed by atoms with E-state index in [0.29, 0.717) is 38.0 Å². The second-order valence-corrected chi connectivity index (χ2v) is 8.15. The van der Waals surface area contributed by atoms with Gasteiger partial charge in [-0.25, -0.2) is 0 Å². The van der Waals surface area contributed by atoms with Crippen LogP contribution in [0.15, 0.2) is 24.3 Å². The lowest BCUT2D eigenvalue weighted by atomic mass is 9.94. The second-order valence-electron chi connectivity index (χ2n) is 8.15. The lowest BCUT2D eigenvalue weighted by Gasteiger charge is -2.35. The van der Waals surface area contributed by atoms with Crippen LogP contribution >= 0.6 is 0 Å². The van der Waals surface area contributed by atoms with Gasteiger partial charge in [0.05, 0.1) is 5.56 Å². The summed E-state index contributed by atoms with van der Waals surface area (Å²) >= 11 is 0. The van der Waals surface area contributed by atoms with E-state index in [2.05, 4.69) is 0 Å². The van der Waals surface area contributed by atoms with E-state index < -0.39 is 11.7 Å². The summed E-state index contributed by atoms with van der Waals surface area (Å²) in [4.78, 5) is 28.8. The van der Waals surface area contributed by atoms with E-state index in [1.165, 1.54) is 12.1 Å². The van der Waals surface area contributed by atoms with Gasteiger partial charge < -0.3 is 9.80 Å². The molecule has 4 nitrogen and oxygen atoms in total. The van der Waals surface area contributed by atoms with Crippen molar-refractivity contribution in [3.8, 4) is 0 Å². The molecule has 2 aliphatic rings. The minimum absolute atomic E-state index is 0.0464. The Morgan fingerprint density at radius 1 is 1.07 bits per heavy atom. The van der Waals surface area contributed by atoms with Gasteiger partial charge in [0.15, 0.2) is 0 Å². The lowest BCUT2D eigenvalue weighted by Crippen LogP contribution is -2.45. The number of benzene rings is 1. The van der Waals surface area contributed by atoms with Crippen LogP contribution in [0.1, 0.15) is 50.7 Å². The molecule has 0 N–H and O–H groups in total. The van der Waals surface area contributed by atoms with Crippen LogP contribution in [0, 0.1) is 11.8 Å². The number of alkyl halides is 3. The SMILES string of the molecule is CC(C)C(=O)N1CCC(C(=O)N(Cc2ccc(C(F)(F)F)cc2)C2CC2)CC1. The molecule has 0 unspecified atom stereocenters. The molecule has 0 bridgehead atoms. The van der Waals surface area contributed by atoms with Gasteiger partial charge in [0.25, 0.3) is 0 Å². The first-order chi connectivity index (χ1) is 13.2. The minimum atomic E-state index is -4.36. The zero-order chi connectivity index (χ0) is 20.5. The first-order valence-electron chi connectivity index (χ1n) is 9.92. The molecule has 1 aliphatic carbocycles. The molecule has 1 saturated carbocycles. The van der Waals surface area contributed by atoms with Crippen molar-refractivity contribution in [3.05, 3.63) is 35.4 Å². The Morgan fingerprint density at radius 2 is 1.64 bits per heavy atom. The molecule has 0 spiro atoms. The van der Waals surface area contributed by atoms with Crippen LogP contribution in [-0.4, -0.2) is 40.7 Å². The highest BCUT2D eigenvalue weighted by molar-refractivity contribution is 5.81. The Bertz CT molecular complexity index is 703. The highest BCUT2D eigenvalue weighted by Gasteiger charge is 2.38. The third-order valence-electron chi connectivity index (χ3n) is 5.55.